The first-order valence-electron chi connectivity index (χ1n) is 9.81. The largest absolute Gasteiger partial charge is 0.369 e. The molecule has 2 aromatic carbocycles. The van der Waals surface area contributed by atoms with Gasteiger partial charge in [-0.25, -0.2) is 4.39 Å². The second-order valence-electron chi connectivity index (χ2n) is 7.35. The van der Waals surface area contributed by atoms with Gasteiger partial charge in [-0.1, -0.05) is 30.3 Å². The summed E-state index contributed by atoms with van der Waals surface area (Å²) in [6, 6.07) is 16.6. The summed E-state index contributed by atoms with van der Waals surface area (Å²) in [6.45, 7) is 5.05. The van der Waals surface area contributed by atoms with Gasteiger partial charge in [0.25, 0.3) is 0 Å². The third-order valence-corrected chi connectivity index (χ3v) is 5.64. The molecule has 0 unspecified atom stereocenters. The summed E-state index contributed by atoms with van der Waals surface area (Å²) < 4.78 is 13.2. The molecule has 0 spiro atoms. The molecule has 142 valence electrons. The smallest absolute Gasteiger partial charge is 0.244 e. The van der Waals surface area contributed by atoms with Crippen molar-refractivity contribution < 1.29 is 9.18 Å². The van der Waals surface area contributed by atoms with Gasteiger partial charge in [0.15, 0.2) is 0 Å². The average molecular weight is 367 g/mol. The lowest BCUT2D eigenvalue weighted by Gasteiger charge is -2.40. The van der Waals surface area contributed by atoms with Crippen LogP contribution in [0.2, 0.25) is 0 Å². The van der Waals surface area contributed by atoms with Crippen LogP contribution in [0.1, 0.15) is 24.4 Å². The van der Waals surface area contributed by atoms with E-state index < -0.39 is 0 Å². The Morgan fingerprint density at radius 3 is 2.07 bits per heavy atom. The molecule has 5 heteroatoms. The van der Waals surface area contributed by atoms with Crippen molar-refractivity contribution >= 4 is 11.6 Å². The van der Waals surface area contributed by atoms with Crippen LogP contribution in [0.3, 0.4) is 0 Å². The Morgan fingerprint density at radius 1 is 0.815 bits per heavy atom. The first kappa shape index (κ1) is 18.0. The Labute approximate surface area is 160 Å². The van der Waals surface area contributed by atoms with E-state index in [1.54, 1.807) is 0 Å². The van der Waals surface area contributed by atoms with E-state index in [0.717, 1.165) is 63.4 Å². The van der Waals surface area contributed by atoms with Gasteiger partial charge in [-0.15, -0.1) is 0 Å². The van der Waals surface area contributed by atoms with Gasteiger partial charge in [0.1, 0.15) is 11.9 Å². The molecule has 0 N–H and O–H groups in total. The SMILES string of the molecule is O=C([C@H](c1ccccc1)N1CCN(c2ccc(F)cc2)CC1)N1CCCC1. The van der Waals surface area contributed by atoms with Crippen molar-refractivity contribution in [2.75, 3.05) is 44.2 Å². The van der Waals surface area contributed by atoms with Crippen LogP contribution in [0.25, 0.3) is 0 Å². The van der Waals surface area contributed by atoms with Crippen LogP contribution in [-0.4, -0.2) is 55.0 Å². The lowest BCUT2D eigenvalue weighted by Crippen LogP contribution is -2.51. The number of nitrogens with zero attached hydrogens (tertiary/aromatic N) is 3. The summed E-state index contributed by atoms with van der Waals surface area (Å²) in [5.74, 6) is 0.0201. The van der Waals surface area contributed by atoms with E-state index in [0.29, 0.717) is 0 Å². The van der Waals surface area contributed by atoms with Crippen molar-refractivity contribution in [3.63, 3.8) is 0 Å². The van der Waals surface area contributed by atoms with Crippen molar-refractivity contribution in [1.29, 1.82) is 0 Å². The van der Waals surface area contributed by atoms with Crippen LogP contribution in [0.15, 0.2) is 54.6 Å². The molecule has 1 atom stereocenters. The summed E-state index contributed by atoms with van der Waals surface area (Å²) in [4.78, 5) is 19.8. The second-order valence-corrected chi connectivity index (χ2v) is 7.35. The summed E-state index contributed by atoms with van der Waals surface area (Å²) in [7, 11) is 0. The molecule has 0 bridgehead atoms. The zero-order valence-corrected chi connectivity index (χ0v) is 15.6. The van der Waals surface area contributed by atoms with Gasteiger partial charge in [0.2, 0.25) is 5.91 Å². The molecular weight excluding hydrogens is 341 g/mol. The van der Waals surface area contributed by atoms with Crippen LogP contribution in [0.5, 0.6) is 0 Å². The van der Waals surface area contributed by atoms with Crippen LogP contribution in [0, 0.1) is 5.82 Å². The van der Waals surface area contributed by atoms with Crippen molar-refractivity contribution in [2.45, 2.75) is 18.9 Å². The first-order chi connectivity index (χ1) is 13.2. The van der Waals surface area contributed by atoms with Crippen molar-refractivity contribution in [3.8, 4) is 0 Å². The molecule has 0 radical (unpaired) electrons. The van der Waals surface area contributed by atoms with Crippen LogP contribution in [-0.2, 0) is 4.79 Å². The van der Waals surface area contributed by atoms with Crippen LogP contribution >= 0.6 is 0 Å². The minimum atomic E-state index is -0.210. The number of benzene rings is 2. The number of likely N-dealkylation sites (tertiary alicyclic amines) is 1. The Morgan fingerprint density at radius 2 is 1.44 bits per heavy atom. The fraction of sp³-hybridized carbons (Fsp3) is 0.409. The van der Waals surface area contributed by atoms with E-state index in [-0.39, 0.29) is 17.8 Å². The molecular formula is C22H26FN3O. The standard InChI is InChI=1S/C22H26FN3O/c23-19-8-10-20(11-9-19)24-14-16-25(17-15-24)21(18-6-2-1-3-7-18)22(27)26-12-4-5-13-26/h1-3,6-11,21H,4-5,12-17H2/t21-/m0/s1. The number of amides is 1. The predicted octanol–water partition coefficient (Wildman–Crippen LogP) is 3.31. The van der Waals surface area contributed by atoms with E-state index >= 15 is 0 Å². The molecule has 2 fully saturated rings. The lowest BCUT2D eigenvalue weighted by molar-refractivity contribution is -0.136. The molecule has 2 aromatic rings. The second kappa shape index (κ2) is 8.09. The van der Waals surface area contributed by atoms with Gasteiger partial charge in [0.05, 0.1) is 0 Å². The van der Waals surface area contributed by atoms with Gasteiger partial charge in [-0.3, -0.25) is 9.69 Å². The summed E-state index contributed by atoms with van der Waals surface area (Å²) >= 11 is 0. The van der Waals surface area contributed by atoms with Crippen molar-refractivity contribution in [2.24, 2.45) is 0 Å². The zero-order chi connectivity index (χ0) is 18.6. The number of anilines is 1. The first-order valence-corrected chi connectivity index (χ1v) is 9.81. The van der Waals surface area contributed by atoms with Gasteiger partial charge in [0, 0.05) is 45.0 Å². The molecule has 4 rings (SSSR count). The van der Waals surface area contributed by atoms with Gasteiger partial charge < -0.3 is 9.80 Å². The monoisotopic (exact) mass is 367 g/mol. The summed E-state index contributed by atoms with van der Waals surface area (Å²) in [5, 5.41) is 0. The average Bonchev–Trinajstić information content (AvgIpc) is 3.25. The molecule has 27 heavy (non-hydrogen) atoms. The van der Waals surface area contributed by atoms with E-state index in [2.05, 4.69) is 21.9 Å². The quantitative estimate of drug-likeness (QED) is 0.830. The van der Waals surface area contributed by atoms with Crippen molar-refractivity contribution in [1.82, 2.24) is 9.80 Å². The molecule has 2 saturated heterocycles. The highest BCUT2D eigenvalue weighted by Gasteiger charge is 2.34. The minimum absolute atomic E-state index is 0.209. The molecule has 0 aromatic heterocycles. The van der Waals surface area contributed by atoms with Gasteiger partial charge in [-0.2, -0.15) is 0 Å². The van der Waals surface area contributed by atoms with E-state index in [4.69, 9.17) is 0 Å². The number of carbonyl (C=O) groups is 1. The normalized spacial score (nSPS) is 19.3. The fourth-order valence-corrected chi connectivity index (χ4v) is 4.15. The molecule has 0 saturated carbocycles. The maximum Gasteiger partial charge on any atom is 0.244 e. The number of hydrogen-bond donors (Lipinski definition) is 0. The number of piperazine rings is 1. The van der Waals surface area contributed by atoms with Gasteiger partial charge >= 0.3 is 0 Å². The van der Waals surface area contributed by atoms with Crippen LogP contribution in [0.4, 0.5) is 10.1 Å². The van der Waals surface area contributed by atoms with E-state index in [9.17, 15) is 9.18 Å². The molecule has 2 aliphatic heterocycles. The number of rotatable bonds is 4. The maximum absolute atomic E-state index is 13.3. The van der Waals surface area contributed by atoms with Crippen molar-refractivity contribution in [3.05, 3.63) is 66.0 Å². The lowest BCUT2D eigenvalue weighted by atomic mass is 10.0. The van der Waals surface area contributed by atoms with Crippen LogP contribution < -0.4 is 4.90 Å². The minimum Gasteiger partial charge on any atom is -0.369 e. The molecule has 4 nitrogen and oxygen atoms in total. The number of hydrogen-bond acceptors (Lipinski definition) is 3. The molecule has 1 amide bonds. The predicted molar refractivity (Wildman–Crippen MR) is 105 cm³/mol. The highest BCUT2D eigenvalue weighted by atomic mass is 19.1. The molecule has 2 aliphatic rings. The summed E-state index contributed by atoms with van der Waals surface area (Å²) in [5.41, 5.74) is 2.11. The summed E-state index contributed by atoms with van der Waals surface area (Å²) in [6.07, 6.45) is 2.21. The Balaban J connectivity index is 1.49. The Kier molecular flexibility index (Phi) is 5.39. The number of halogens is 1. The van der Waals surface area contributed by atoms with E-state index in [1.807, 2.05) is 35.2 Å². The topological polar surface area (TPSA) is 26.8 Å². The number of carbonyl (C=O) groups excluding carboxylic acids is 1. The molecule has 0 aliphatic carbocycles. The Bertz CT molecular complexity index is 751. The molecule has 2 heterocycles. The Hall–Kier alpha value is -2.40. The highest BCUT2D eigenvalue weighted by molar-refractivity contribution is 5.83. The fourth-order valence-electron chi connectivity index (χ4n) is 4.15. The third kappa shape index (κ3) is 3.98. The van der Waals surface area contributed by atoms with Gasteiger partial charge in [-0.05, 0) is 42.7 Å². The third-order valence-electron chi connectivity index (χ3n) is 5.64. The maximum atomic E-state index is 13.3. The highest BCUT2D eigenvalue weighted by Crippen LogP contribution is 2.27. The zero-order valence-electron chi connectivity index (χ0n) is 15.6. The van der Waals surface area contributed by atoms with E-state index in [1.165, 1.54) is 12.1 Å².